The van der Waals surface area contributed by atoms with Gasteiger partial charge in [-0.3, -0.25) is 0 Å². The van der Waals surface area contributed by atoms with Gasteiger partial charge in [-0.1, -0.05) is 0 Å². The summed E-state index contributed by atoms with van der Waals surface area (Å²) in [6.07, 6.45) is -0.341. The predicted molar refractivity (Wildman–Crippen MR) is 69.0 cm³/mol. The van der Waals surface area contributed by atoms with Crippen LogP contribution >= 0.6 is 0 Å². The van der Waals surface area contributed by atoms with Gasteiger partial charge in [-0.15, -0.1) is 5.10 Å². The maximum atomic E-state index is 11.7. The first-order valence-corrected chi connectivity index (χ1v) is 6.28. The average Bonchev–Trinajstić information content (AvgIpc) is 2.22. The highest BCUT2D eigenvalue weighted by molar-refractivity contribution is 5.69. The highest BCUT2D eigenvalue weighted by Gasteiger charge is 2.35. The second-order valence-corrected chi connectivity index (χ2v) is 5.64. The van der Waals surface area contributed by atoms with Crippen molar-refractivity contribution in [2.24, 2.45) is 0 Å². The molecule has 1 aromatic rings. The van der Waals surface area contributed by atoms with Crippen LogP contribution in [-0.4, -0.2) is 46.0 Å². The van der Waals surface area contributed by atoms with Crippen molar-refractivity contribution < 1.29 is 14.3 Å². The van der Waals surface area contributed by atoms with Crippen molar-refractivity contribution in [3.63, 3.8) is 0 Å². The maximum Gasteiger partial charge on any atom is 0.410 e. The van der Waals surface area contributed by atoms with E-state index >= 15 is 0 Å². The van der Waals surface area contributed by atoms with Crippen LogP contribution in [-0.2, 0) is 4.74 Å². The van der Waals surface area contributed by atoms with Gasteiger partial charge in [0.1, 0.15) is 11.7 Å². The quantitative estimate of drug-likeness (QED) is 0.815. The molecule has 6 heteroatoms. The number of nitrogens with zero attached hydrogens (tertiary/aromatic N) is 3. The fourth-order valence-electron chi connectivity index (χ4n) is 1.61. The first-order chi connectivity index (χ1) is 8.83. The van der Waals surface area contributed by atoms with Crippen molar-refractivity contribution in [2.75, 3.05) is 13.1 Å². The van der Waals surface area contributed by atoms with Crippen LogP contribution in [0.2, 0.25) is 0 Å². The third kappa shape index (κ3) is 3.81. The molecule has 0 atom stereocenters. The van der Waals surface area contributed by atoms with E-state index < -0.39 is 5.60 Å². The minimum Gasteiger partial charge on any atom is -0.469 e. The molecule has 6 nitrogen and oxygen atoms in total. The number of carbonyl (C=O) groups excluding carboxylic acids is 1. The molecule has 0 unspecified atom stereocenters. The Hall–Kier alpha value is -1.85. The molecule has 0 aromatic carbocycles. The van der Waals surface area contributed by atoms with E-state index in [9.17, 15) is 4.79 Å². The van der Waals surface area contributed by atoms with Crippen LogP contribution in [0.15, 0.2) is 12.1 Å². The van der Waals surface area contributed by atoms with Gasteiger partial charge >= 0.3 is 6.09 Å². The summed E-state index contributed by atoms with van der Waals surface area (Å²) in [5.74, 6) is 0.486. The van der Waals surface area contributed by atoms with Crippen molar-refractivity contribution in [1.29, 1.82) is 0 Å². The molecule has 1 fully saturated rings. The van der Waals surface area contributed by atoms with Crippen molar-refractivity contribution in [3.05, 3.63) is 17.8 Å². The third-order valence-electron chi connectivity index (χ3n) is 2.56. The fraction of sp³-hybridized carbons (Fsp3) is 0.615. The van der Waals surface area contributed by atoms with Gasteiger partial charge in [0.05, 0.1) is 18.8 Å². The Morgan fingerprint density at radius 3 is 2.53 bits per heavy atom. The first-order valence-electron chi connectivity index (χ1n) is 6.28. The maximum absolute atomic E-state index is 11.7. The molecule has 104 valence electrons. The highest BCUT2D eigenvalue weighted by atomic mass is 16.6. The summed E-state index contributed by atoms with van der Waals surface area (Å²) in [4.78, 5) is 13.3. The zero-order chi connectivity index (χ0) is 14.0. The molecule has 0 saturated carbocycles. The Bertz CT molecular complexity index is 447. The Morgan fingerprint density at radius 2 is 2.00 bits per heavy atom. The van der Waals surface area contributed by atoms with Crippen molar-refractivity contribution in [2.45, 2.75) is 39.4 Å². The monoisotopic (exact) mass is 265 g/mol. The van der Waals surface area contributed by atoms with Crippen LogP contribution in [0.3, 0.4) is 0 Å². The van der Waals surface area contributed by atoms with E-state index in [-0.39, 0.29) is 12.2 Å². The number of amides is 1. The number of likely N-dealkylation sites (tertiary alicyclic amines) is 1. The van der Waals surface area contributed by atoms with Gasteiger partial charge in [0, 0.05) is 6.07 Å². The van der Waals surface area contributed by atoms with E-state index in [1.54, 1.807) is 11.0 Å². The molecule has 1 aliphatic rings. The molecule has 0 radical (unpaired) electrons. The lowest BCUT2D eigenvalue weighted by Gasteiger charge is -2.39. The Morgan fingerprint density at radius 1 is 1.32 bits per heavy atom. The Balaban J connectivity index is 1.77. The summed E-state index contributed by atoms with van der Waals surface area (Å²) >= 11 is 0. The number of rotatable bonds is 2. The zero-order valence-corrected chi connectivity index (χ0v) is 11.7. The Labute approximate surface area is 112 Å². The first kappa shape index (κ1) is 13.6. The smallest absolute Gasteiger partial charge is 0.410 e. The number of carbonyl (C=O) groups is 1. The van der Waals surface area contributed by atoms with Gasteiger partial charge in [-0.2, -0.15) is 5.10 Å². The lowest BCUT2D eigenvalue weighted by molar-refractivity contribution is -0.0234. The van der Waals surface area contributed by atoms with Crippen LogP contribution in [0.1, 0.15) is 26.5 Å². The SMILES string of the molecule is Cc1ccc(OC2CN(C(=O)OC(C)(C)C)C2)nn1. The van der Waals surface area contributed by atoms with Gasteiger partial charge in [-0.05, 0) is 33.8 Å². The van der Waals surface area contributed by atoms with E-state index in [1.165, 1.54) is 0 Å². The Kier molecular flexibility index (Phi) is 3.59. The summed E-state index contributed by atoms with van der Waals surface area (Å²) in [5.41, 5.74) is 0.377. The summed E-state index contributed by atoms with van der Waals surface area (Å²) < 4.78 is 10.9. The summed E-state index contributed by atoms with van der Waals surface area (Å²) in [5, 5.41) is 7.84. The van der Waals surface area contributed by atoms with Crippen LogP contribution in [0.25, 0.3) is 0 Å². The number of ether oxygens (including phenoxy) is 2. The van der Waals surface area contributed by atoms with E-state index in [0.29, 0.717) is 19.0 Å². The molecule has 1 aliphatic heterocycles. The van der Waals surface area contributed by atoms with E-state index in [0.717, 1.165) is 5.69 Å². The van der Waals surface area contributed by atoms with Crippen LogP contribution < -0.4 is 4.74 Å². The zero-order valence-electron chi connectivity index (χ0n) is 11.7. The van der Waals surface area contributed by atoms with Gasteiger partial charge in [0.25, 0.3) is 0 Å². The summed E-state index contributed by atoms with van der Waals surface area (Å²) in [6, 6.07) is 3.62. The van der Waals surface area contributed by atoms with Gasteiger partial charge < -0.3 is 14.4 Å². The van der Waals surface area contributed by atoms with Crippen molar-refractivity contribution >= 4 is 6.09 Å². The van der Waals surface area contributed by atoms with Gasteiger partial charge in [0.15, 0.2) is 0 Å². The molecule has 2 rings (SSSR count). The summed E-state index contributed by atoms with van der Waals surface area (Å²) in [7, 11) is 0. The number of hydrogen-bond donors (Lipinski definition) is 0. The minimum absolute atomic E-state index is 0.0375. The van der Waals surface area contributed by atoms with E-state index in [2.05, 4.69) is 10.2 Å². The highest BCUT2D eigenvalue weighted by Crippen LogP contribution is 2.18. The molecule has 0 N–H and O–H groups in total. The average molecular weight is 265 g/mol. The molecule has 0 aliphatic carbocycles. The van der Waals surface area contributed by atoms with Crippen molar-refractivity contribution in [1.82, 2.24) is 15.1 Å². The predicted octanol–water partition coefficient (Wildman–Crippen LogP) is 1.78. The van der Waals surface area contributed by atoms with Crippen LogP contribution in [0, 0.1) is 6.92 Å². The third-order valence-corrected chi connectivity index (χ3v) is 2.56. The molecule has 2 heterocycles. The molecule has 0 spiro atoms. The molecular weight excluding hydrogens is 246 g/mol. The second-order valence-electron chi connectivity index (χ2n) is 5.64. The topological polar surface area (TPSA) is 64.5 Å². The van der Waals surface area contributed by atoms with E-state index in [1.807, 2.05) is 33.8 Å². The van der Waals surface area contributed by atoms with Gasteiger partial charge in [0.2, 0.25) is 5.88 Å². The summed E-state index contributed by atoms with van der Waals surface area (Å²) in [6.45, 7) is 8.45. The second kappa shape index (κ2) is 5.03. The minimum atomic E-state index is -0.467. The number of aromatic nitrogens is 2. The molecular formula is C13H19N3O3. The molecule has 1 amide bonds. The number of aryl methyl sites for hydroxylation is 1. The fourth-order valence-corrected chi connectivity index (χ4v) is 1.61. The normalized spacial score (nSPS) is 15.9. The lowest BCUT2D eigenvalue weighted by Crippen LogP contribution is -2.57. The number of hydrogen-bond acceptors (Lipinski definition) is 5. The lowest BCUT2D eigenvalue weighted by atomic mass is 10.2. The van der Waals surface area contributed by atoms with Gasteiger partial charge in [-0.25, -0.2) is 4.79 Å². The van der Waals surface area contributed by atoms with Crippen LogP contribution in [0.5, 0.6) is 5.88 Å². The molecule has 0 bridgehead atoms. The van der Waals surface area contributed by atoms with E-state index in [4.69, 9.17) is 9.47 Å². The largest absolute Gasteiger partial charge is 0.469 e. The standard InChI is InChI=1S/C13H19N3O3/c1-9-5-6-11(15-14-9)18-10-7-16(8-10)12(17)19-13(2,3)4/h5-6,10H,7-8H2,1-4H3. The van der Waals surface area contributed by atoms with Crippen molar-refractivity contribution in [3.8, 4) is 5.88 Å². The molecule has 1 saturated heterocycles. The molecule has 1 aromatic heterocycles. The van der Waals surface area contributed by atoms with Crippen LogP contribution in [0.4, 0.5) is 4.79 Å². The molecule has 19 heavy (non-hydrogen) atoms.